The van der Waals surface area contributed by atoms with Crippen LogP contribution >= 0.6 is 0 Å². The summed E-state index contributed by atoms with van der Waals surface area (Å²) in [6, 6.07) is 12.1. The molecule has 3 rings (SSSR count). The van der Waals surface area contributed by atoms with Crippen LogP contribution in [-0.2, 0) is 4.79 Å². The minimum Gasteiger partial charge on any atom is -0.326 e. The molecule has 0 aliphatic heterocycles. The first-order valence-corrected chi connectivity index (χ1v) is 8.19. The Morgan fingerprint density at radius 3 is 2.42 bits per heavy atom. The van der Waals surface area contributed by atoms with Gasteiger partial charge in [-0.1, -0.05) is 19.1 Å². The Bertz CT molecular complexity index is 908. The van der Waals surface area contributed by atoms with Gasteiger partial charge < -0.3 is 10.6 Å². The van der Waals surface area contributed by atoms with Gasteiger partial charge in [-0.05, 0) is 36.8 Å². The number of nitrogens with one attached hydrogen (secondary N) is 2. The second-order valence-electron chi connectivity index (χ2n) is 5.58. The Balaban J connectivity index is 1.72. The predicted octanol–water partition coefficient (Wildman–Crippen LogP) is 2.65. The van der Waals surface area contributed by atoms with Gasteiger partial charge in [0.05, 0.1) is 0 Å². The molecule has 0 aliphatic carbocycles. The number of carbonyl (C=O) groups is 2. The third kappa shape index (κ3) is 4.29. The van der Waals surface area contributed by atoms with E-state index in [0.717, 1.165) is 6.42 Å². The van der Waals surface area contributed by atoms with Crippen molar-refractivity contribution in [1.82, 2.24) is 19.7 Å². The van der Waals surface area contributed by atoms with Crippen molar-refractivity contribution in [3.8, 4) is 5.82 Å². The molecule has 1 aromatic carbocycles. The summed E-state index contributed by atoms with van der Waals surface area (Å²) in [5.41, 5.74) is 1.46. The lowest BCUT2D eigenvalue weighted by Gasteiger charge is -2.09. The van der Waals surface area contributed by atoms with E-state index in [4.69, 9.17) is 0 Å². The smallest absolute Gasteiger partial charge is 0.274 e. The van der Waals surface area contributed by atoms with Crippen LogP contribution in [0.15, 0.2) is 55.1 Å². The van der Waals surface area contributed by atoms with Crippen LogP contribution in [0.5, 0.6) is 0 Å². The van der Waals surface area contributed by atoms with Gasteiger partial charge in [0, 0.05) is 17.8 Å². The fraction of sp³-hybridized carbons (Fsp3) is 0.167. The van der Waals surface area contributed by atoms with Crippen LogP contribution in [0.3, 0.4) is 0 Å². The van der Waals surface area contributed by atoms with Crippen LogP contribution in [0.4, 0.5) is 11.4 Å². The monoisotopic (exact) mass is 350 g/mol. The number of nitrogens with zero attached hydrogens (tertiary/aromatic N) is 4. The van der Waals surface area contributed by atoms with Gasteiger partial charge in [0.1, 0.15) is 24.2 Å². The highest BCUT2D eigenvalue weighted by Crippen LogP contribution is 2.16. The average molecular weight is 350 g/mol. The average Bonchev–Trinajstić information content (AvgIpc) is 3.17. The minimum atomic E-state index is -0.350. The molecule has 2 aromatic heterocycles. The molecule has 0 spiro atoms. The third-order valence-electron chi connectivity index (χ3n) is 3.53. The maximum Gasteiger partial charge on any atom is 0.274 e. The third-order valence-corrected chi connectivity index (χ3v) is 3.53. The Morgan fingerprint density at radius 2 is 1.69 bits per heavy atom. The number of carbonyl (C=O) groups excluding carboxylic acids is 2. The summed E-state index contributed by atoms with van der Waals surface area (Å²) >= 11 is 0. The molecule has 0 bridgehead atoms. The van der Waals surface area contributed by atoms with Gasteiger partial charge >= 0.3 is 0 Å². The van der Waals surface area contributed by atoms with Crippen molar-refractivity contribution in [2.24, 2.45) is 0 Å². The molecule has 0 aliphatic rings. The Labute approximate surface area is 150 Å². The van der Waals surface area contributed by atoms with Crippen molar-refractivity contribution in [2.45, 2.75) is 19.8 Å². The van der Waals surface area contributed by atoms with E-state index < -0.39 is 0 Å². The highest BCUT2D eigenvalue weighted by Gasteiger charge is 2.10. The van der Waals surface area contributed by atoms with Gasteiger partial charge in [-0.2, -0.15) is 0 Å². The van der Waals surface area contributed by atoms with Gasteiger partial charge in [0.25, 0.3) is 5.91 Å². The summed E-state index contributed by atoms with van der Waals surface area (Å²) in [5.74, 6) is 0.138. The van der Waals surface area contributed by atoms with Crippen LogP contribution < -0.4 is 10.6 Å². The molecule has 132 valence electrons. The van der Waals surface area contributed by atoms with E-state index in [1.807, 2.05) is 6.92 Å². The lowest BCUT2D eigenvalue weighted by Crippen LogP contribution is -2.15. The summed E-state index contributed by atoms with van der Waals surface area (Å²) in [7, 11) is 0. The molecular weight excluding hydrogens is 332 g/mol. The highest BCUT2D eigenvalue weighted by molar-refractivity contribution is 6.03. The number of hydrogen-bond donors (Lipinski definition) is 2. The summed E-state index contributed by atoms with van der Waals surface area (Å²) in [6.07, 6.45) is 4.24. The molecule has 0 saturated carbocycles. The van der Waals surface area contributed by atoms with E-state index >= 15 is 0 Å². The van der Waals surface area contributed by atoms with Crippen molar-refractivity contribution in [2.75, 3.05) is 10.6 Å². The Kier molecular flexibility index (Phi) is 5.33. The van der Waals surface area contributed by atoms with Crippen LogP contribution in [0.2, 0.25) is 0 Å². The number of pyridine rings is 1. The van der Waals surface area contributed by atoms with Crippen LogP contribution in [0.1, 0.15) is 30.3 Å². The standard InChI is InChI=1S/C18H18N6O2/c1-2-5-17(25)21-13-6-3-7-14(10-13)22-18(26)15-8-4-9-16(23-15)24-11-19-20-12-24/h3-4,6-12H,2,5H2,1H3,(H,21,25)(H,22,26). The number of anilines is 2. The largest absolute Gasteiger partial charge is 0.326 e. The summed E-state index contributed by atoms with van der Waals surface area (Å²) in [4.78, 5) is 28.5. The van der Waals surface area contributed by atoms with E-state index in [1.165, 1.54) is 12.7 Å². The normalized spacial score (nSPS) is 10.3. The Hall–Kier alpha value is -3.55. The first kappa shape index (κ1) is 17.3. The van der Waals surface area contributed by atoms with Crippen molar-refractivity contribution in [3.05, 3.63) is 60.8 Å². The zero-order chi connectivity index (χ0) is 18.4. The summed E-state index contributed by atoms with van der Waals surface area (Å²) in [6.45, 7) is 1.94. The van der Waals surface area contributed by atoms with Crippen molar-refractivity contribution in [3.63, 3.8) is 0 Å². The topological polar surface area (TPSA) is 102 Å². The number of aromatic nitrogens is 4. The molecule has 8 nitrogen and oxygen atoms in total. The maximum atomic E-state index is 12.5. The van der Waals surface area contributed by atoms with Gasteiger partial charge in [0.15, 0.2) is 0 Å². The molecule has 0 atom stereocenters. The van der Waals surface area contributed by atoms with Crippen molar-refractivity contribution in [1.29, 1.82) is 0 Å². The molecule has 0 radical (unpaired) electrons. The SMILES string of the molecule is CCCC(=O)Nc1cccc(NC(=O)c2cccc(-n3cnnc3)n2)c1. The molecule has 0 saturated heterocycles. The zero-order valence-electron chi connectivity index (χ0n) is 14.2. The molecule has 0 unspecified atom stereocenters. The second kappa shape index (κ2) is 8.02. The van der Waals surface area contributed by atoms with E-state index in [0.29, 0.717) is 23.6 Å². The molecule has 3 aromatic rings. The fourth-order valence-electron chi connectivity index (χ4n) is 2.33. The molecule has 2 N–H and O–H groups in total. The van der Waals surface area contributed by atoms with Crippen molar-refractivity contribution >= 4 is 23.2 Å². The first-order valence-electron chi connectivity index (χ1n) is 8.19. The van der Waals surface area contributed by atoms with Crippen molar-refractivity contribution < 1.29 is 9.59 Å². The van der Waals surface area contributed by atoms with E-state index in [-0.39, 0.29) is 17.5 Å². The van der Waals surface area contributed by atoms with E-state index in [2.05, 4.69) is 25.8 Å². The lowest BCUT2D eigenvalue weighted by molar-refractivity contribution is -0.116. The lowest BCUT2D eigenvalue weighted by atomic mass is 10.2. The summed E-state index contributed by atoms with van der Waals surface area (Å²) in [5, 5.41) is 13.0. The second-order valence-corrected chi connectivity index (χ2v) is 5.58. The first-order chi connectivity index (χ1) is 12.7. The van der Waals surface area contributed by atoms with Gasteiger partial charge in [-0.3, -0.25) is 14.2 Å². The number of benzene rings is 1. The van der Waals surface area contributed by atoms with Crippen LogP contribution in [0.25, 0.3) is 5.82 Å². The molecular formula is C18H18N6O2. The molecule has 8 heteroatoms. The van der Waals surface area contributed by atoms with Crippen LogP contribution in [0, 0.1) is 0 Å². The molecule has 2 amide bonds. The van der Waals surface area contributed by atoms with Gasteiger partial charge in [-0.25, -0.2) is 4.98 Å². The number of hydrogen-bond acceptors (Lipinski definition) is 5. The Morgan fingerprint density at radius 1 is 1.00 bits per heavy atom. The molecule has 0 fully saturated rings. The molecule has 26 heavy (non-hydrogen) atoms. The van der Waals surface area contributed by atoms with E-state index in [1.54, 1.807) is 47.0 Å². The quantitative estimate of drug-likeness (QED) is 0.711. The predicted molar refractivity (Wildman–Crippen MR) is 97.1 cm³/mol. The van der Waals surface area contributed by atoms with Gasteiger partial charge in [0.2, 0.25) is 5.91 Å². The van der Waals surface area contributed by atoms with E-state index in [9.17, 15) is 9.59 Å². The zero-order valence-corrected chi connectivity index (χ0v) is 14.2. The van der Waals surface area contributed by atoms with Crippen LogP contribution in [-0.4, -0.2) is 31.6 Å². The maximum absolute atomic E-state index is 12.5. The minimum absolute atomic E-state index is 0.0562. The number of amides is 2. The summed E-state index contributed by atoms with van der Waals surface area (Å²) < 4.78 is 1.61. The van der Waals surface area contributed by atoms with Gasteiger partial charge in [-0.15, -0.1) is 10.2 Å². The number of rotatable bonds is 6. The molecule has 2 heterocycles. The fourth-order valence-corrected chi connectivity index (χ4v) is 2.33. The highest BCUT2D eigenvalue weighted by atomic mass is 16.2.